The molecular weight excluding hydrogens is 300 g/mol. The van der Waals surface area contributed by atoms with Crippen molar-refractivity contribution in [1.29, 1.82) is 0 Å². The molecule has 4 rings (SSSR count). The Labute approximate surface area is 130 Å². The van der Waals surface area contributed by atoms with Crippen molar-refractivity contribution in [2.24, 2.45) is 0 Å². The zero-order chi connectivity index (χ0) is 15.2. The van der Waals surface area contributed by atoms with Crippen LogP contribution in [0.3, 0.4) is 0 Å². The Morgan fingerprint density at radius 3 is 2.73 bits per heavy atom. The van der Waals surface area contributed by atoms with E-state index in [1.54, 1.807) is 4.31 Å². The summed E-state index contributed by atoms with van der Waals surface area (Å²) >= 11 is 0. The van der Waals surface area contributed by atoms with Crippen molar-refractivity contribution in [3.63, 3.8) is 0 Å². The average Bonchev–Trinajstić information content (AvgIpc) is 2.89. The normalized spacial score (nSPS) is 24.5. The molecule has 1 atom stereocenters. The molecule has 0 spiro atoms. The molecule has 0 aromatic carbocycles. The minimum absolute atomic E-state index is 0.126. The summed E-state index contributed by atoms with van der Waals surface area (Å²) in [6.45, 7) is 1.18. The third-order valence-electron chi connectivity index (χ3n) is 4.92. The number of pyridine rings is 1. The van der Waals surface area contributed by atoms with Gasteiger partial charge in [0, 0.05) is 25.2 Å². The van der Waals surface area contributed by atoms with Crippen LogP contribution < -0.4 is 0 Å². The van der Waals surface area contributed by atoms with Crippen LogP contribution in [0.2, 0.25) is 0 Å². The van der Waals surface area contributed by atoms with Crippen LogP contribution in [0.4, 0.5) is 0 Å². The molecule has 6 nitrogen and oxygen atoms in total. The van der Waals surface area contributed by atoms with Crippen molar-refractivity contribution >= 4 is 15.7 Å². The molecule has 1 saturated carbocycles. The highest BCUT2D eigenvalue weighted by atomic mass is 32.2. The van der Waals surface area contributed by atoms with Gasteiger partial charge in [0.2, 0.25) is 10.0 Å². The van der Waals surface area contributed by atoms with Crippen molar-refractivity contribution < 1.29 is 8.42 Å². The first-order valence-corrected chi connectivity index (χ1v) is 9.45. The predicted octanol–water partition coefficient (Wildman–Crippen LogP) is 1.79. The second-order valence-electron chi connectivity index (χ2n) is 6.28. The predicted molar refractivity (Wildman–Crippen MR) is 83.1 cm³/mol. The van der Waals surface area contributed by atoms with Gasteiger partial charge in [-0.3, -0.25) is 4.40 Å². The smallest absolute Gasteiger partial charge is 0.217 e. The van der Waals surface area contributed by atoms with Gasteiger partial charge in [-0.25, -0.2) is 12.7 Å². The third-order valence-corrected chi connectivity index (χ3v) is 7.29. The zero-order valence-electron chi connectivity index (χ0n) is 12.4. The third kappa shape index (κ3) is 2.23. The van der Waals surface area contributed by atoms with E-state index in [9.17, 15) is 8.42 Å². The van der Waals surface area contributed by atoms with Gasteiger partial charge in [-0.15, -0.1) is 10.2 Å². The summed E-state index contributed by atoms with van der Waals surface area (Å²) in [4.78, 5) is 0. The minimum atomic E-state index is -3.13. The first-order valence-electron chi connectivity index (χ1n) is 7.95. The Morgan fingerprint density at radius 1 is 1.09 bits per heavy atom. The van der Waals surface area contributed by atoms with E-state index in [1.807, 2.05) is 28.8 Å². The topological polar surface area (TPSA) is 67.6 Å². The second-order valence-corrected chi connectivity index (χ2v) is 8.50. The van der Waals surface area contributed by atoms with E-state index in [1.165, 1.54) is 0 Å². The van der Waals surface area contributed by atoms with E-state index < -0.39 is 10.0 Å². The summed E-state index contributed by atoms with van der Waals surface area (Å²) in [5.41, 5.74) is 0.816. The molecule has 1 saturated heterocycles. The lowest BCUT2D eigenvalue weighted by molar-refractivity contribution is 0.297. The van der Waals surface area contributed by atoms with Crippen molar-refractivity contribution in [1.82, 2.24) is 18.9 Å². The standard InChI is InChI=1S/C15H20N4O2S/c20-22(21,13-6-3-7-13)18-9-4-5-12(11-18)15-17-16-14-8-1-2-10-19(14)15/h1-2,8,10,12-13H,3-7,9,11H2. The fourth-order valence-corrected chi connectivity index (χ4v) is 5.52. The van der Waals surface area contributed by atoms with Gasteiger partial charge < -0.3 is 0 Å². The molecule has 22 heavy (non-hydrogen) atoms. The van der Waals surface area contributed by atoms with Gasteiger partial charge in [-0.2, -0.15) is 0 Å². The molecule has 1 aliphatic heterocycles. The van der Waals surface area contributed by atoms with E-state index in [0.717, 1.165) is 43.6 Å². The summed E-state index contributed by atoms with van der Waals surface area (Å²) < 4.78 is 28.9. The van der Waals surface area contributed by atoms with Crippen molar-refractivity contribution in [2.75, 3.05) is 13.1 Å². The highest BCUT2D eigenvalue weighted by molar-refractivity contribution is 7.89. The van der Waals surface area contributed by atoms with Crippen LogP contribution in [0.25, 0.3) is 5.65 Å². The Morgan fingerprint density at radius 2 is 1.95 bits per heavy atom. The molecule has 0 amide bonds. The molecule has 1 unspecified atom stereocenters. The number of hydrogen-bond donors (Lipinski definition) is 0. The monoisotopic (exact) mass is 320 g/mol. The Hall–Kier alpha value is -1.47. The van der Waals surface area contributed by atoms with E-state index in [-0.39, 0.29) is 11.2 Å². The molecule has 0 bridgehead atoms. The summed E-state index contributed by atoms with van der Waals surface area (Å²) in [5, 5.41) is 8.34. The fourth-order valence-electron chi connectivity index (χ4n) is 3.40. The maximum atomic E-state index is 12.6. The van der Waals surface area contributed by atoms with Crippen LogP contribution in [-0.4, -0.2) is 45.7 Å². The van der Waals surface area contributed by atoms with Crippen LogP contribution >= 0.6 is 0 Å². The Bertz CT molecular complexity index is 782. The highest BCUT2D eigenvalue weighted by Crippen LogP contribution is 2.33. The van der Waals surface area contributed by atoms with Gasteiger partial charge in [-0.1, -0.05) is 12.5 Å². The Kier molecular flexibility index (Phi) is 3.41. The SMILES string of the molecule is O=S(=O)(C1CCC1)N1CCCC(c2nnc3ccccn23)C1. The molecular formula is C15H20N4O2S. The molecule has 0 radical (unpaired) electrons. The molecule has 1 aliphatic carbocycles. The van der Waals surface area contributed by atoms with Gasteiger partial charge in [0.1, 0.15) is 5.82 Å². The van der Waals surface area contributed by atoms with Crippen molar-refractivity contribution in [3.8, 4) is 0 Å². The molecule has 3 heterocycles. The van der Waals surface area contributed by atoms with Crippen LogP contribution in [-0.2, 0) is 10.0 Å². The van der Waals surface area contributed by atoms with E-state index in [2.05, 4.69) is 10.2 Å². The number of piperidine rings is 1. The lowest BCUT2D eigenvalue weighted by Gasteiger charge is -2.36. The van der Waals surface area contributed by atoms with Crippen LogP contribution in [0.5, 0.6) is 0 Å². The van der Waals surface area contributed by atoms with Crippen LogP contribution in [0.15, 0.2) is 24.4 Å². The number of aromatic nitrogens is 3. The molecule has 118 valence electrons. The molecule has 2 fully saturated rings. The number of sulfonamides is 1. The quantitative estimate of drug-likeness (QED) is 0.865. The number of nitrogens with zero attached hydrogens (tertiary/aromatic N) is 4. The summed E-state index contributed by atoms with van der Waals surface area (Å²) in [6.07, 6.45) is 6.47. The summed E-state index contributed by atoms with van der Waals surface area (Å²) in [6, 6.07) is 5.80. The van der Waals surface area contributed by atoms with Gasteiger partial charge in [-0.05, 0) is 37.8 Å². The van der Waals surface area contributed by atoms with Gasteiger partial charge in [0.15, 0.2) is 5.65 Å². The average molecular weight is 320 g/mol. The lowest BCUT2D eigenvalue weighted by atomic mass is 9.99. The van der Waals surface area contributed by atoms with E-state index in [4.69, 9.17) is 0 Å². The lowest BCUT2D eigenvalue weighted by Crippen LogP contribution is -2.46. The molecule has 2 aromatic rings. The van der Waals surface area contributed by atoms with Crippen LogP contribution in [0.1, 0.15) is 43.8 Å². The fraction of sp³-hybridized carbons (Fsp3) is 0.600. The Balaban J connectivity index is 1.61. The first kappa shape index (κ1) is 14.1. The van der Waals surface area contributed by atoms with Gasteiger partial charge >= 0.3 is 0 Å². The molecule has 2 aliphatic rings. The minimum Gasteiger partial charge on any atom is -0.286 e. The largest absolute Gasteiger partial charge is 0.286 e. The number of hydrogen-bond acceptors (Lipinski definition) is 4. The molecule has 7 heteroatoms. The summed E-state index contributed by atoms with van der Waals surface area (Å²) in [5.74, 6) is 1.00. The van der Waals surface area contributed by atoms with Crippen molar-refractivity contribution in [3.05, 3.63) is 30.2 Å². The molecule has 2 aromatic heterocycles. The molecule has 0 N–H and O–H groups in total. The maximum Gasteiger partial charge on any atom is 0.217 e. The summed E-state index contributed by atoms with van der Waals surface area (Å²) in [7, 11) is -3.13. The highest BCUT2D eigenvalue weighted by Gasteiger charge is 2.39. The van der Waals surface area contributed by atoms with Gasteiger partial charge in [0.25, 0.3) is 0 Å². The van der Waals surface area contributed by atoms with Gasteiger partial charge in [0.05, 0.1) is 5.25 Å². The number of rotatable bonds is 3. The van der Waals surface area contributed by atoms with E-state index >= 15 is 0 Å². The van der Waals surface area contributed by atoms with E-state index in [0.29, 0.717) is 13.1 Å². The van der Waals surface area contributed by atoms with Crippen LogP contribution in [0, 0.1) is 0 Å². The second kappa shape index (κ2) is 5.31. The first-order chi connectivity index (χ1) is 10.7. The maximum absolute atomic E-state index is 12.6. The van der Waals surface area contributed by atoms with Crippen molar-refractivity contribution in [2.45, 2.75) is 43.3 Å². The zero-order valence-corrected chi connectivity index (χ0v) is 13.2. The number of fused-ring (bicyclic) bond motifs is 1.